The average Bonchev–Trinajstić information content (AvgIpc) is 3.07. The van der Waals surface area contributed by atoms with Gasteiger partial charge < -0.3 is 0 Å². The van der Waals surface area contributed by atoms with Crippen LogP contribution in [0.3, 0.4) is 0 Å². The second-order valence-corrected chi connectivity index (χ2v) is 6.70. The van der Waals surface area contributed by atoms with Crippen LogP contribution < -0.4 is 0 Å². The van der Waals surface area contributed by atoms with E-state index < -0.39 is 14.6 Å². The normalized spacial score (nSPS) is 17.2. The minimum absolute atomic E-state index is 0.287. The molecule has 1 fully saturated rings. The van der Waals surface area contributed by atoms with Gasteiger partial charge in [0, 0.05) is 6.26 Å². The van der Waals surface area contributed by atoms with Gasteiger partial charge in [0.25, 0.3) is 0 Å². The number of rotatable bonds is 4. The van der Waals surface area contributed by atoms with Crippen molar-refractivity contribution in [3.05, 3.63) is 35.4 Å². The van der Waals surface area contributed by atoms with Gasteiger partial charge in [0.15, 0.2) is 9.84 Å². The van der Waals surface area contributed by atoms with E-state index in [4.69, 9.17) is 0 Å². The molecule has 2 rings (SSSR count). The molecule has 1 aliphatic rings. The molecular formula is C12H13NO3S. The van der Waals surface area contributed by atoms with E-state index >= 15 is 0 Å². The van der Waals surface area contributed by atoms with Crippen LogP contribution in [0.25, 0.3) is 0 Å². The maximum Gasteiger partial charge on any atom is 0.235 e. The zero-order valence-electron chi connectivity index (χ0n) is 9.51. The highest BCUT2D eigenvalue weighted by atomic mass is 32.2. The van der Waals surface area contributed by atoms with Crippen molar-refractivity contribution in [2.24, 2.45) is 4.99 Å². The topological polar surface area (TPSA) is 63.6 Å². The Morgan fingerprint density at radius 2 is 1.88 bits per heavy atom. The van der Waals surface area contributed by atoms with Crippen molar-refractivity contribution in [3.63, 3.8) is 0 Å². The van der Waals surface area contributed by atoms with Gasteiger partial charge in [-0.3, -0.25) is 0 Å². The summed E-state index contributed by atoms with van der Waals surface area (Å²) in [6, 6.07) is 7.23. The van der Waals surface area contributed by atoms with Crippen LogP contribution in [0.5, 0.6) is 0 Å². The molecule has 0 bridgehead atoms. The third kappa shape index (κ3) is 2.16. The molecule has 0 aromatic heterocycles. The molecule has 1 aromatic carbocycles. The van der Waals surface area contributed by atoms with Crippen LogP contribution in [-0.2, 0) is 25.9 Å². The zero-order valence-corrected chi connectivity index (χ0v) is 10.3. The van der Waals surface area contributed by atoms with Crippen LogP contribution in [-0.4, -0.2) is 20.8 Å². The summed E-state index contributed by atoms with van der Waals surface area (Å²) >= 11 is 0. The molecule has 0 radical (unpaired) electrons. The van der Waals surface area contributed by atoms with Crippen LogP contribution >= 0.6 is 0 Å². The van der Waals surface area contributed by atoms with E-state index in [0.717, 1.165) is 11.1 Å². The van der Waals surface area contributed by atoms with Crippen LogP contribution in [0.4, 0.5) is 0 Å². The highest BCUT2D eigenvalue weighted by molar-refractivity contribution is 7.92. The standard InChI is InChI=1S/C12H13NO3S/c1-17(15,16)12(6-7-12)11-4-2-10(3-5-11)8-13-9-14/h2-5H,6-8H2,1H3. The summed E-state index contributed by atoms with van der Waals surface area (Å²) in [6.45, 7) is 0.287. The molecule has 4 nitrogen and oxygen atoms in total. The Kier molecular flexibility index (Phi) is 2.89. The lowest BCUT2D eigenvalue weighted by molar-refractivity contribution is 0.562. The van der Waals surface area contributed by atoms with Gasteiger partial charge in [-0.1, -0.05) is 24.3 Å². The lowest BCUT2D eigenvalue weighted by atomic mass is 10.1. The molecule has 0 atom stereocenters. The molecule has 17 heavy (non-hydrogen) atoms. The summed E-state index contributed by atoms with van der Waals surface area (Å²) in [5.74, 6) is 0. The van der Waals surface area contributed by atoms with E-state index in [1.807, 2.05) is 12.1 Å². The fraction of sp³-hybridized carbons (Fsp3) is 0.417. The Hall–Kier alpha value is -1.45. The quantitative estimate of drug-likeness (QED) is 0.602. The maximum atomic E-state index is 11.7. The van der Waals surface area contributed by atoms with Gasteiger partial charge in [-0.2, -0.15) is 0 Å². The van der Waals surface area contributed by atoms with E-state index in [1.54, 1.807) is 12.1 Å². The Morgan fingerprint density at radius 1 is 1.29 bits per heavy atom. The third-order valence-electron chi connectivity index (χ3n) is 3.22. The van der Waals surface area contributed by atoms with Crippen LogP contribution in [0.2, 0.25) is 0 Å². The summed E-state index contributed by atoms with van der Waals surface area (Å²) in [5.41, 5.74) is 1.71. The number of isocyanates is 1. The molecule has 0 amide bonds. The lowest BCUT2D eigenvalue weighted by Crippen LogP contribution is -2.19. The Morgan fingerprint density at radius 3 is 2.29 bits per heavy atom. The summed E-state index contributed by atoms with van der Waals surface area (Å²) in [5, 5.41) is 0. The number of hydrogen-bond donors (Lipinski definition) is 0. The van der Waals surface area contributed by atoms with Crippen molar-refractivity contribution < 1.29 is 13.2 Å². The van der Waals surface area contributed by atoms with Crippen molar-refractivity contribution in [3.8, 4) is 0 Å². The van der Waals surface area contributed by atoms with Gasteiger partial charge in [0.1, 0.15) is 0 Å². The molecule has 1 saturated carbocycles. The molecule has 0 aliphatic heterocycles. The van der Waals surface area contributed by atoms with Crippen molar-refractivity contribution in [2.75, 3.05) is 6.26 Å². The largest absolute Gasteiger partial charge is 0.235 e. The van der Waals surface area contributed by atoms with Gasteiger partial charge in [0.05, 0.1) is 11.3 Å². The summed E-state index contributed by atoms with van der Waals surface area (Å²) in [7, 11) is -3.06. The van der Waals surface area contributed by atoms with E-state index in [-0.39, 0.29) is 6.54 Å². The minimum atomic E-state index is -3.06. The molecule has 1 aromatic rings. The summed E-state index contributed by atoms with van der Waals surface area (Å²) in [6.07, 6.45) is 4.14. The smallest absolute Gasteiger partial charge is 0.228 e. The molecule has 90 valence electrons. The summed E-state index contributed by atoms with van der Waals surface area (Å²) < 4.78 is 22.7. The second-order valence-electron chi connectivity index (χ2n) is 4.37. The molecule has 0 heterocycles. The van der Waals surface area contributed by atoms with Crippen LogP contribution in [0, 0.1) is 0 Å². The van der Waals surface area contributed by atoms with Gasteiger partial charge in [-0.05, 0) is 24.0 Å². The van der Waals surface area contributed by atoms with Crippen LogP contribution in [0.1, 0.15) is 24.0 Å². The first kappa shape index (κ1) is 12.0. The first-order valence-electron chi connectivity index (χ1n) is 5.32. The minimum Gasteiger partial charge on any atom is -0.228 e. The number of carbonyl (C=O) groups excluding carboxylic acids is 1. The first-order chi connectivity index (χ1) is 7.99. The highest BCUT2D eigenvalue weighted by Crippen LogP contribution is 2.52. The van der Waals surface area contributed by atoms with Gasteiger partial charge in [0.2, 0.25) is 6.08 Å². The Balaban J connectivity index is 2.28. The molecule has 0 N–H and O–H groups in total. The molecule has 1 aliphatic carbocycles. The number of sulfone groups is 1. The first-order valence-corrected chi connectivity index (χ1v) is 7.21. The number of benzene rings is 1. The Labute approximate surface area is 100 Å². The predicted octanol–water partition coefficient (Wildman–Crippen LogP) is 1.56. The Bertz CT molecular complexity index is 564. The van der Waals surface area contributed by atoms with E-state index in [0.29, 0.717) is 12.8 Å². The summed E-state index contributed by atoms with van der Waals surface area (Å²) in [4.78, 5) is 13.4. The van der Waals surface area contributed by atoms with Crippen molar-refractivity contribution in [1.82, 2.24) is 0 Å². The molecular weight excluding hydrogens is 238 g/mol. The highest BCUT2D eigenvalue weighted by Gasteiger charge is 2.53. The zero-order chi connectivity index (χ0) is 12.5. The van der Waals surface area contributed by atoms with Crippen molar-refractivity contribution in [1.29, 1.82) is 0 Å². The monoisotopic (exact) mass is 251 g/mol. The third-order valence-corrected chi connectivity index (χ3v) is 5.28. The lowest BCUT2D eigenvalue weighted by Gasteiger charge is -2.13. The fourth-order valence-electron chi connectivity index (χ4n) is 2.02. The molecule has 0 saturated heterocycles. The molecule has 0 unspecified atom stereocenters. The van der Waals surface area contributed by atoms with E-state index in [2.05, 4.69) is 4.99 Å². The van der Waals surface area contributed by atoms with Gasteiger partial charge >= 0.3 is 0 Å². The molecule has 5 heteroatoms. The van der Waals surface area contributed by atoms with Crippen molar-refractivity contribution >= 4 is 15.9 Å². The number of hydrogen-bond acceptors (Lipinski definition) is 4. The van der Waals surface area contributed by atoms with Gasteiger partial charge in [-0.15, -0.1) is 0 Å². The SMILES string of the molecule is CS(=O)(=O)C1(c2ccc(CN=C=O)cc2)CC1. The fourth-order valence-corrected chi connectivity index (χ4v) is 3.43. The number of aliphatic imine (C=N–C) groups is 1. The van der Waals surface area contributed by atoms with E-state index in [1.165, 1.54) is 12.3 Å². The molecule has 0 spiro atoms. The average molecular weight is 251 g/mol. The number of nitrogens with zero attached hydrogens (tertiary/aromatic N) is 1. The second kappa shape index (κ2) is 4.09. The van der Waals surface area contributed by atoms with Crippen LogP contribution in [0.15, 0.2) is 29.3 Å². The van der Waals surface area contributed by atoms with Gasteiger partial charge in [-0.25, -0.2) is 18.2 Å². The van der Waals surface area contributed by atoms with E-state index in [9.17, 15) is 13.2 Å². The maximum absolute atomic E-state index is 11.7. The van der Waals surface area contributed by atoms with Crippen molar-refractivity contribution in [2.45, 2.75) is 24.1 Å². The predicted molar refractivity (Wildman–Crippen MR) is 64.0 cm³/mol.